The van der Waals surface area contributed by atoms with Gasteiger partial charge in [-0.05, 0) is 30.4 Å². The highest BCUT2D eigenvalue weighted by molar-refractivity contribution is 5.18. The second kappa shape index (κ2) is 8.31. The highest BCUT2D eigenvalue weighted by Crippen LogP contribution is 2.21. The van der Waals surface area contributed by atoms with Crippen LogP contribution in [0.3, 0.4) is 0 Å². The molecule has 0 aliphatic rings. The minimum absolute atomic E-state index is 0.506. The predicted molar refractivity (Wildman–Crippen MR) is 80.7 cm³/mol. The third kappa shape index (κ3) is 5.22. The summed E-state index contributed by atoms with van der Waals surface area (Å²) in [5, 5.41) is 3.77. The van der Waals surface area contributed by atoms with Crippen molar-refractivity contribution in [3.63, 3.8) is 0 Å². The minimum atomic E-state index is 0.506. The van der Waals surface area contributed by atoms with Gasteiger partial charge in [0.1, 0.15) is 0 Å². The van der Waals surface area contributed by atoms with Crippen LogP contribution in [0.15, 0.2) is 30.3 Å². The second-order valence-corrected chi connectivity index (χ2v) is 5.68. The fourth-order valence-corrected chi connectivity index (χ4v) is 2.38. The number of benzene rings is 1. The fraction of sp³-hybridized carbons (Fsp3) is 0.647. The Kier molecular flexibility index (Phi) is 7.04. The summed E-state index contributed by atoms with van der Waals surface area (Å²) in [5.74, 6) is 1.53. The van der Waals surface area contributed by atoms with Crippen molar-refractivity contribution in [2.75, 3.05) is 6.54 Å². The van der Waals surface area contributed by atoms with Gasteiger partial charge in [0.25, 0.3) is 0 Å². The Bertz CT molecular complexity index is 301. The number of nitrogens with one attached hydrogen (secondary N) is 1. The number of hydrogen-bond donors (Lipinski definition) is 1. The fourth-order valence-electron chi connectivity index (χ4n) is 2.38. The molecule has 1 atom stereocenters. The highest BCUT2D eigenvalue weighted by Gasteiger charge is 2.14. The van der Waals surface area contributed by atoms with E-state index in [2.05, 4.69) is 63.3 Å². The molecule has 0 aromatic heterocycles. The Balaban J connectivity index is 2.62. The molecular weight excluding hydrogens is 218 g/mol. The number of hydrogen-bond acceptors (Lipinski definition) is 1. The van der Waals surface area contributed by atoms with Crippen LogP contribution in [0, 0.1) is 11.8 Å². The van der Waals surface area contributed by atoms with Crippen LogP contribution in [0.2, 0.25) is 0 Å². The second-order valence-electron chi connectivity index (χ2n) is 5.68. The molecule has 1 N–H and O–H groups in total. The van der Waals surface area contributed by atoms with E-state index < -0.39 is 0 Å². The van der Waals surface area contributed by atoms with E-state index in [4.69, 9.17) is 0 Å². The molecule has 0 aliphatic heterocycles. The largest absolute Gasteiger partial charge is 0.310 e. The maximum atomic E-state index is 3.77. The van der Waals surface area contributed by atoms with Crippen molar-refractivity contribution in [1.82, 2.24) is 5.32 Å². The van der Waals surface area contributed by atoms with E-state index in [1.165, 1.54) is 24.8 Å². The van der Waals surface area contributed by atoms with Crippen LogP contribution in [0.4, 0.5) is 0 Å². The Hall–Kier alpha value is -0.820. The normalized spacial score (nSPS) is 13.2. The molecule has 0 heterocycles. The summed E-state index contributed by atoms with van der Waals surface area (Å²) in [4.78, 5) is 0. The molecule has 1 nitrogen and oxygen atoms in total. The van der Waals surface area contributed by atoms with Gasteiger partial charge in [-0.25, -0.2) is 0 Å². The van der Waals surface area contributed by atoms with Crippen molar-refractivity contribution in [3.05, 3.63) is 35.9 Å². The molecule has 1 rings (SSSR count). The molecule has 0 saturated carbocycles. The molecule has 0 spiro atoms. The molecule has 0 radical (unpaired) electrons. The SMILES string of the molecule is CCC(CC)CNC(CC(C)C)c1ccccc1. The van der Waals surface area contributed by atoms with E-state index >= 15 is 0 Å². The zero-order valence-corrected chi connectivity index (χ0v) is 12.4. The molecule has 0 amide bonds. The topological polar surface area (TPSA) is 12.0 Å². The van der Waals surface area contributed by atoms with Crippen molar-refractivity contribution in [3.8, 4) is 0 Å². The van der Waals surface area contributed by atoms with Crippen LogP contribution >= 0.6 is 0 Å². The Labute approximate surface area is 113 Å². The third-order valence-electron chi connectivity index (χ3n) is 3.72. The van der Waals surface area contributed by atoms with Crippen molar-refractivity contribution in [2.45, 2.75) is 53.0 Å². The van der Waals surface area contributed by atoms with Gasteiger partial charge >= 0.3 is 0 Å². The zero-order chi connectivity index (χ0) is 13.4. The maximum Gasteiger partial charge on any atom is 0.0322 e. The van der Waals surface area contributed by atoms with Crippen molar-refractivity contribution >= 4 is 0 Å². The lowest BCUT2D eigenvalue weighted by Gasteiger charge is -2.24. The lowest BCUT2D eigenvalue weighted by molar-refractivity contribution is 0.374. The quantitative estimate of drug-likeness (QED) is 0.696. The summed E-state index contributed by atoms with van der Waals surface area (Å²) in [6, 6.07) is 11.4. The standard InChI is InChI=1S/C17H29N/c1-5-15(6-2)13-18-17(12-14(3)4)16-10-8-7-9-11-16/h7-11,14-15,17-18H,5-6,12-13H2,1-4H3. The monoisotopic (exact) mass is 247 g/mol. The first-order chi connectivity index (χ1) is 8.67. The Morgan fingerprint density at radius 3 is 2.11 bits per heavy atom. The van der Waals surface area contributed by atoms with Crippen LogP contribution in [0.25, 0.3) is 0 Å². The first-order valence-corrected chi connectivity index (χ1v) is 7.45. The van der Waals surface area contributed by atoms with Crippen LogP contribution in [-0.4, -0.2) is 6.54 Å². The van der Waals surface area contributed by atoms with Crippen LogP contribution in [0.1, 0.15) is 58.6 Å². The molecule has 0 saturated heterocycles. The zero-order valence-electron chi connectivity index (χ0n) is 12.4. The Morgan fingerprint density at radius 1 is 1.00 bits per heavy atom. The van der Waals surface area contributed by atoms with Crippen molar-refractivity contribution in [1.29, 1.82) is 0 Å². The van der Waals surface area contributed by atoms with E-state index in [0.29, 0.717) is 6.04 Å². The van der Waals surface area contributed by atoms with Gasteiger partial charge < -0.3 is 5.32 Å². The molecule has 0 aliphatic carbocycles. The summed E-state index contributed by atoms with van der Waals surface area (Å²) in [7, 11) is 0. The summed E-state index contributed by atoms with van der Waals surface area (Å²) in [6.45, 7) is 10.3. The van der Waals surface area contributed by atoms with Gasteiger partial charge in [-0.2, -0.15) is 0 Å². The molecule has 18 heavy (non-hydrogen) atoms. The first kappa shape index (κ1) is 15.2. The summed E-state index contributed by atoms with van der Waals surface area (Å²) < 4.78 is 0. The molecule has 0 bridgehead atoms. The van der Waals surface area contributed by atoms with E-state index in [1.54, 1.807) is 0 Å². The Morgan fingerprint density at radius 2 is 1.61 bits per heavy atom. The van der Waals surface area contributed by atoms with Crippen molar-refractivity contribution in [2.24, 2.45) is 11.8 Å². The third-order valence-corrected chi connectivity index (χ3v) is 3.72. The maximum absolute atomic E-state index is 3.77. The minimum Gasteiger partial charge on any atom is -0.310 e. The molecule has 102 valence electrons. The van der Waals surface area contributed by atoms with E-state index in [9.17, 15) is 0 Å². The molecule has 1 aromatic carbocycles. The van der Waals surface area contributed by atoms with Crippen molar-refractivity contribution < 1.29 is 0 Å². The highest BCUT2D eigenvalue weighted by atomic mass is 14.9. The smallest absolute Gasteiger partial charge is 0.0322 e. The molecule has 1 heteroatoms. The van der Waals surface area contributed by atoms with Gasteiger partial charge in [0.2, 0.25) is 0 Å². The van der Waals surface area contributed by atoms with Gasteiger partial charge in [-0.3, -0.25) is 0 Å². The van der Waals surface area contributed by atoms with Crippen LogP contribution in [-0.2, 0) is 0 Å². The van der Waals surface area contributed by atoms with E-state index in [1.807, 2.05) is 0 Å². The van der Waals surface area contributed by atoms with Crippen LogP contribution < -0.4 is 5.32 Å². The summed E-state index contributed by atoms with van der Waals surface area (Å²) in [6.07, 6.45) is 3.75. The van der Waals surface area contributed by atoms with E-state index in [-0.39, 0.29) is 0 Å². The lowest BCUT2D eigenvalue weighted by Crippen LogP contribution is -2.28. The average Bonchev–Trinajstić information content (AvgIpc) is 2.39. The van der Waals surface area contributed by atoms with Gasteiger partial charge in [0, 0.05) is 6.04 Å². The first-order valence-electron chi connectivity index (χ1n) is 7.45. The molecule has 1 aromatic rings. The summed E-state index contributed by atoms with van der Waals surface area (Å²) >= 11 is 0. The van der Waals surface area contributed by atoms with Gasteiger partial charge in [-0.15, -0.1) is 0 Å². The molecule has 0 fully saturated rings. The van der Waals surface area contributed by atoms with Gasteiger partial charge in [0.05, 0.1) is 0 Å². The van der Waals surface area contributed by atoms with Gasteiger partial charge in [-0.1, -0.05) is 70.9 Å². The van der Waals surface area contributed by atoms with Crippen LogP contribution in [0.5, 0.6) is 0 Å². The molecular formula is C17H29N. The predicted octanol–water partition coefficient (Wildman–Crippen LogP) is 4.80. The van der Waals surface area contributed by atoms with Gasteiger partial charge in [0.15, 0.2) is 0 Å². The molecule has 1 unspecified atom stereocenters. The number of rotatable bonds is 8. The average molecular weight is 247 g/mol. The summed E-state index contributed by atoms with van der Waals surface area (Å²) in [5.41, 5.74) is 1.43. The van der Waals surface area contributed by atoms with E-state index in [0.717, 1.165) is 18.4 Å². The lowest BCUT2D eigenvalue weighted by atomic mass is 9.95.